The van der Waals surface area contributed by atoms with Crippen molar-refractivity contribution in [1.82, 2.24) is 4.72 Å². The van der Waals surface area contributed by atoms with Gasteiger partial charge >= 0.3 is 0 Å². The molecule has 0 aromatic heterocycles. The van der Waals surface area contributed by atoms with Gasteiger partial charge in [-0.2, -0.15) is 0 Å². The third-order valence-corrected chi connectivity index (χ3v) is 7.33. The zero-order valence-electron chi connectivity index (χ0n) is 17.2. The van der Waals surface area contributed by atoms with Crippen molar-refractivity contribution in [2.45, 2.75) is 51.0 Å². The molecule has 1 fully saturated rings. The molecule has 1 saturated heterocycles. The van der Waals surface area contributed by atoms with E-state index in [-0.39, 0.29) is 6.04 Å². The molecule has 0 radical (unpaired) electrons. The maximum Gasteiger partial charge on any atom is 0.241 e. The number of nitrogens with zero attached hydrogens (tertiary/aromatic N) is 1. The van der Waals surface area contributed by atoms with Crippen LogP contribution in [0.3, 0.4) is 0 Å². The fourth-order valence-corrected chi connectivity index (χ4v) is 5.31. The number of rotatable bonds is 6. The van der Waals surface area contributed by atoms with Crippen LogP contribution in [0.15, 0.2) is 41.3 Å². The van der Waals surface area contributed by atoms with E-state index in [2.05, 4.69) is 21.8 Å². The Balaban J connectivity index is 1.76. The second-order valence-corrected chi connectivity index (χ2v) is 9.18. The zero-order chi connectivity index (χ0) is 20.3. The number of nitrogens with one attached hydrogen (secondary N) is 1. The average Bonchev–Trinajstić information content (AvgIpc) is 2.70. The number of sulfonamides is 1. The Kier molecular flexibility index (Phi) is 6.30. The van der Waals surface area contributed by atoms with Crippen molar-refractivity contribution in [3.63, 3.8) is 0 Å². The van der Waals surface area contributed by atoms with Crippen LogP contribution in [0.5, 0.6) is 5.75 Å². The molecule has 2 aromatic carbocycles. The molecule has 1 heterocycles. The quantitative estimate of drug-likeness (QED) is 0.781. The molecule has 6 heteroatoms. The molecule has 1 aliphatic heterocycles. The minimum Gasteiger partial charge on any atom is -0.496 e. The van der Waals surface area contributed by atoms with E-state index in [0.717, 1.165) is 24.2 Å². The molecule has 1 N–H and O–H groups in total. The predicted molar refractivity (Wildman–Crippen MR) is 114 cm³/mol. The summed E-state index contributed by atoms with van der Waals surface area (Å²) >= 11 is 0. The van der Waals surface area contributed by atoms with Crippen molar-refractivity contribution in [2.24, 2.45) is 0 Å². The summed E-state index contributed by atoms with van der Waals surface area (Å²) in [7, 11) is -2.05. The second-order valence-electron chi connectivity index (χ2n) is 7.50. The van der Waals surface area contributed by atoms with Gasteiger partial charge in [0.15, 0.2) is 0 Å². The van der Waals surface area contributed by atoms with Gasteiger partial charge in [-0.1, -0.05) is 12.1 Å². The molecule has 0 aliphatic carbocycles. The summed E-state index contributed by atoms with van der Waals surface area (Å²) in [6, 6.07) is 11.2. The second kappa shape index (κ2) is 8.53. The van der Waals surface area contributed by atoms with Crippen LogP contribution in [0.1, 0.15) is 48.9 Å². The molecule has 1 atom stereocenters. The van der Waals surface area contributed by atoms with Crippen LogP contribution in [-0.2, 0) is 10.0 Å². The first-order valence-electron chi connectivity index (χ1n) is 9.85. The maximum atomic E-state index is 12.9. The Morgan fingerprint density at radius 1 is 0.964 bits per heavy atom. The minimum atomic E-state index is -3.63. The molecular weight excluding hydrogens is 372 g/mol. The lowest BCUT2D eigenvalue weighted by Gasteiger charge is -2.29. The van der Waals surface area contributed by atoms with Crippen molar-refractivity contribution in [3.05, 3.63) is 53.1 Å². The molecule has 28 heavy (non-hydrogen) atoms. The highest BCUT2D eigenvalue weighted by atomic mass is 32.2. The van der Waals surface area contributed by atoms with E-state index < -0.39 is 10.0 Å². The standard InChI is InChI=1S/C22H30N2O3S/c1-16-17(2)22(13-12-21(16)27-4)28(25,26)23-18(3)19-8-10-20(11-9-19)24-14-6-5-7-15-24/h8-13,18,23H,5-7,14-15H2,1-4H3/t18-/m0/s1. The predicted octanol–water partition coefficient (Wildman–Crippen LogP) is 4.34. The zero-order valence-corrected chi connectivity index (χ0v) is 18.0. The Morgan fingerprint density at radius 2 is 1.61 bits per heavy atom. The lowest BCUT2D eigenvalue weighted by Crippen LogP contribution is -2.29. The summed E-state index contributed by atoms with van der Waals surface area (Å²) in [5.41, 5.74) is 3.70. The van der Waals surface area contributed by atoms with Gasteiger partial charge in [0, 0.05) is 24.8 Å². The van der Waals surface area contributed by atoms with Crippen LogP contribution in [0, 0.1) is 13.8 Å². The first-order chi connectivity index (χ1) is 13.3. The summed E-state index contributed by atoms with van der Waals surface area (Å²) in [6.07, 6.45) is 3.77. The van der Waals surface area contributed by atoms with Crippen LogP contribution >= 0.6 is 0 Å². The number of anilines is 1. The highest BCUT2D eigenvalue weighted by Crippen LogP contribution is 2.28. The molecule has 1 aliphatic rings. The van der Waals surface area contributed by atoms with Crippen molar-refractivity contribution in [2.75, 3.05) is 25.1 Å². The topological polar surface area (TPSA) is 58.6 Å². The lowest BCUT2D eigenvalue weighted by atomic mass is 10.1. The summed E-state index contributed by atoms with van der Waals surface area (Å²) in [4.78, 5) is 2.69. The Morgan fingerprint density at radius 3 is 2.21 bits per heavy atom. The number of benzene rings is 2. The van der Waals surface area contributed by atoms with Gasteiger partial charge < -0.3 is 9.64 Å². The van der Waals surface area contributed by atoms with E-state index >= 15 is 0 Å². The third-order valence-electron chi connectivity index (χ3n) is 5.64. The Hall–Kier alpha value is -2.05. The number of hydrogen-bond acceptors (Lipinski definition) is 4. The summed E-state index contributed by atoms with van der Waals surface area (Å²) in [5.74, 6) is 0.692. The molecule has 0 amide bonds. The van der Waals surface area contributed by atoms with Crippen molar-refractivity contribution >= 4 is 15.7 Å². The maximum absolute atomic E-state index is 12.9. The number of hydrogen-bond donors (Lipinski definition) is 1. The van der Waals surface area contributed by atoms with E-state index in [1.165, 1.54) is 24.9 Å². The first-order valence-corrected chi connectivity index (χ1v) is 11.3. The molecule has 2 aromatic rings. The molecule has 0 spiro atoms. The fourth-order valence-electron chi connectivity index (χ4n) is 3.77. The molecule has 0 unspecified atom stereocenters. The molecule has 0 bridgehead atoms. The van der Waals surface area contributed by atoms with Crippen LogP contribution in [0.25, 0.3) is 0 Å². The molecule has 152 valence electrons. The van der Waals surface area contributed by atoms with E-state index in [0.29, 0.717) is 16.2 Å². The minimum absolute atomic E-state index is 0.294. The van der Waals surface area contributed by atoms with E-state index in [1.807, 2.05) is 32.9 Å². The summed E-state index contributed by atoms with van der Waals surface area (Å²) in [6.45, 7) is 7.74. The normalized spacial score (nSPS) is 16.1. The van der Waals surface area contributed by atoms with Gasteiger partial charge in [0.2, 0.25) is 10.0 Å². The molecule has 5 nitrogen and oxygen atoms in total. The first kappa shape index (κ1) is 20.7. The Labute approximate surface area is 168 Å². The van der Waals surface area contributed by atoms with Crippen LogP contribution in [-0.4, -0.2) is 28.6 Å². The van der Waals surface area contributed by atoms with E-state index in [9.17, 15) is 8.42 Å². The van der Waals surface area contributed by atoms with Crippen LogP contribution < -0.4 is 14.4 Å². The van der Waals surface area contributed by atoms with Gasteiger partial charge in [-0.3, -0.25) is 0 Å². The molecular formula is C22H30N2O3S. The van der Waals surface area contributed by atoms with Crippen molar-refractivity contribution < 1.29 is 13.2 Å². The van der Waals surface area contributed by atoms with Gasteiger partial charge in [-0.15, -0.1) is 0 Å². The van der Waals surface area contributed by atoms with Gasteiger partial charge in [0.25, 0.3) is 0 Å². The largest absolute Gasteiger partial charge is 0.496 e. The smallest absolute Gasteiger partial charge is 0.241 e. The number of methoxy groups -OCH3 is 1. The van der Waals surface area contributed by atoms with E-state index in [1.54, 1.807) is 19.2 Å². The van der Waals surface area contributed by atoms with Gasteiger partial charge in [0.05, 0.1) is 12.0 Å². The number of piperidine rings is 1. The lowest BCUT2D eigenvalue weighted by molar-refractivity contribution is 0.410. The monoisotopic (exact) mass is 402 g/mol. The van der Waals surface area contributed by atoms with E-state index in [4.69, 9.17) is 4.74 Å². The third kappa shape index (κ3) is 4.33. The number of ether oxygens (including phenoxy) is 1. The average molecular weight is 403 g/mol. The molecule has 3 rings (SSSR count). The Bertz CT molecular complexity index is 918. The highest BCUT2D eigenvalue weighted by molar-refractivity contribution is 7.89. The van der Waals surface area contributed by atoms with Gasteiger partial charge in [0.1, 0.15) is 5.75 Å². The fraction of sp³-hybridized carbons (Fsp3) is 0.455. The van der Waals surface area contributed by atoms with Crippen molar-refractivity contribution in [1.29, 1.82) is 0 Å². The van der Waals surface area contributed by atoms with Gasteiger partial charge in [-0.05, 0) is 81.0 Å². The summed E-state index contributed by atoms with van der Waals surface area (Å²) in [5, 5.41) is 0. The highest BCUT2D eigenvalue weighted by Gasteiger charge is 2.22. The van der Waals surface area contributed by atoms with Gasteiger partial charge in [-0.25, -0.2) is 13.1 Å². The summed E-state index contributed by atoms with van der Waals surface area (Å²) < 4.78 is 34.0. The van der Waals surface area contributed by atoms with Crippen LogP contribution in [0.2, 0.25) is 0 Å². The van der Waals surface area contributed by atoms with Crippen molar-refractivity contribution in [3.8, 4) is 5.75 Å². The molecule has 0 saturated carbocycles. The van der Waals surface area contributed by atoms with Crippen LogP contribution in [0.4, 0.5) is 5.69 Å². The SMILES string of the molecule is COc1ccc(S(=O)(=O)N[C@@H](C)c2ccc(N3CCCCC3)cc2)c(C)c1C.